The number of carboxylic acid groups (broad SMARTS) is 2. The first-order chi connectivity index (χ1) is 11.4. The van der Waals surface area contributed by atoms with Crippen molar-refractivity contribution in [3.05, 3.63) is 47.0 Å². The number of hydrogen-bond donors (Lipinski definition) is 2. The number of benzene rings is 1. The highest BCUT2D eigenvalue weighted by Crippen LogP contribution is 2.12. The van der Waals surface area contributed by atoms with E-state index >= 15 is 0 Å². The fourth-order valence-electron chi connectivity index (χ4n) is 1.77. The average Bonchev–Trinajstić information content (AvgIpc) is 2.95. The molecule has 2 aromatic rings. The lowest BCUT2D eigenvalue weighted by Gasteiger charge is -2.04. The predicted molar refractivity (Wildman–Crippen MR) is 81.6 cm³/mol. The van der Waals surface area contributed by atoms with Gasteiger partial charge in [-0.25, -0.2) is 18.7 Å². The highest BCUT2D eigenvalue weighted by atomic mass is 19.1. The van der Waals surface area contributed by atoms with E-state index in [4.69, 9.17) is 14.9 Å². The molecule has 0 aliphatic rings. The third-order valence-corrected chi connectivity index (χ3v) is 2.83. The van der Waals surface area contributed by atoms with Gasteiger partial charge in [-0.15, -0.1) is 5.10 Å². The molecule has 1 aromatic carbocycles. The van der Waals surface area contributed by atoms with Gasteiger partial charge in [-0.05, 0) is 19.9 Å². The van der Waals surface area contributed by atoms with Crippen LogP contribution in [-0.4, -0.2) is 50.4 Å². The van der Waals surface area contributed by atoms with E-state index in [2.05, 4.69) is 10.3 Å². The van der Waals surface area contributed by atoms with E-state index in [0.29, 0.717) is 0 Å². The van der Waals surface area contributed by atoms with Crippen molar-refractivity contribution in [3.8, 4) is 0 Å². The number of aromatic nitrogens is 3. The molecule has 0 aliphatic heterocycles. The summed E-state index contributed by atoms with van der Waals surface area (Å²) in [6.45, 7) is 5.45. The Labute approximate surface area is 137 Å². The Kier molecular flexibility index (Phi) is 7.50. The second-order valence-electron chi connectivity index (χ2n) is 4.43. The van der Waals surface area contributed by atoms with Crippen molar-refractivity contribution >= 4 is 11.9 Å². The number of carbonyl (C=O) groups is 2. The molecule has 130 valence electrons. The van der Waals surface area contributed by atoms with Crippen LogP contribution in [0.5, 0.6) is 0 Å². The van der Waals surface area contributed by atoms with Crippen LogP contribution in [-0.2, 0) is 11.3 Å². The number of halogens is 1. The summed E-state index contributed by atoms with van der Waals surface area (Å²) in [4.78, 5) is 21.8. The normalized spacial score (nSPS) is 9.96. The van der Waals surface area contributed by atoms with Crippen LogP contribution >= 0.6 is 0 Å². The van der Waals surface area contributed by atoms with E-state index in [9.17, 15) is 14.0 Å². The maximum absolute atomic E-state index is 13.4. The highest BCUT2D eigenvalue weighted by molar-refractivity contribution is 5.98. The summed E-state index contributed by atoms with van der Waals surface area (Å²) in [6.07, 6.45) is 0. The van der Waals surface area contributed by atoms with Crippen LogP contribution in [0, 0.1) is 5.82 Å². The lowest BCUT2D eigenvalue weighted by atomic mass is 10.2. The summed E-state index contributed by atoms with van der Waals surface area (Å²) >= 11 is 0. The predicted octanol–water partition coefficient (Wildman–Crippen LogP) is 1.90. The van der Waals surface area contributed by atoms with Crippen molar-refractivity contribution < 1.29 is 28.9 Å². The summed E-state index contributed by atoms with van der Waals surface area (Å²) in [5, 5.41) is 24.5. The third kappa shape index (κ3) is 5.13. The molecule has 1 aromatic heterocycles. The van der Waals surface area contributed by atoms with Crippen LogP contribution in [0.1, 0.15) is 40.4 Å². The molecule has 0 atom stereocenters. The van der Waals surface area contributed by atoms with Crippen molar-refractivity contribution in [2.45, 2.75) is 20.4 Å². The van der Waals surface area contributed by atoms with E-state index in [-0.39, 0.29) is 12.1 Å². The molecule has 0 saturated carbocycles. The van der Waals surface area contributed by atoms with Gasteiger partial charge in [0.05, 0.1) is 6.54 Å². The molecule has 24 heavy (non-hydrogen) atoms. The Morgan fingerprint density at radius 1 is 1.17 bits per heavy atom. The van der Waals surface area contributed by atoms with Gasteiger partial charge in [-0.2, -0.15) is 0 Å². The van der Waals surface area contributed by atoms with E-state index in [1.54, 1.807) is 6.07 Å². The summed E-state index contributed by atoms with van der Waals surface area (Å²) < 4.78 is 19.1. The second-order valence-corrected chi connectivity index (χ2v) is 4.43. The zero-order valence-corrected chi connectivity index (χ0v) is 13.3. The van der Waals surface area contributed by atoms with Gasteiger partial charge in [0.25, 0.3) is 0 Å². The zero-order chi connectivity index (χ0) is 18.1. The molecular formula is C15H18FN3O5. The van der Waals surface area contributed by atoms with E-state index in [1.807, 2.05) is 13.8 Å². The van der Waals surface area contributed by atoms with Crippen molar-refractivity contribution in [2.24, 2.45) is 0 Å². The number of carboxylic acids is 2. The largest absolute Gasteiger partial charge is 0.476 e. The Morgan fingerprint density at radius 2 is 1.79 bits per heavy atom. The fraction of sp³-hybridized carbons (Fsp3) is 0.333. The summed E-state index contributed by atoms with van der Waals surface area (Å²) in [5.41, 5.74) is -1.08. The molecule has 9 heteroatoms. The molecule has 2 N–H and O–H groups in total. The Balaban J connectivity index is 0.000000505. The fourth-order valence-corrected chi connectivity index (χ4v) is 1.77. The van der Waals surface area contributed by atoms with Crippen LogP contribution in [0.25, 0.3) is 0 Å². The van der Waals surface area contributed by atoms with Crippen LogP contribution in [0.4, 0.5) is 4.39 Å². The second kappa shape index (κ2) is 9.36. The Hall–Kier alpha value is -2.81. The van der Waals surface area contributed by atoms with Gasteiger partial charge in [0.1, 0.15) is 5.82 Å². The number of rotatable bonds is 6. The van der Waals surface area contributed by atoms with Crippen molar-refractivity contribution in [1.29, 1.82) is 0 Å². The molecule has 2 rings (SSSR count). The zero-order valence-electron chi connectivity index (χ0n) is 13.3. The van der Waals surface area contributed by atoms with Crippen molar-refractivity contribution in [1.82, 2.24) is 15.0 Å². The van der Waals surface area contributed by atoms with Crippen molar-refractivity contribution in [3.63, 3.8) is 0 Å². The van der Waals surface area contributed by atoms with Gasteiger partial charge < -0.3 is 14.9 Å². The first-order valence-electron chi connectivity index (χ1n) is 7.13. The SMILES string of the molecule is CCOCC.O=C(O)c1nnn(Cc2ccccc2F)c1C(=O)O. The Bertz CT molecular complexity index is 700. The summed E-state index contributed by atoms with van der Waals surface area (Å²) in [5.74, 6) is -3.53. The maximum Gasteiger partial charge on any atom is 0.359 e. The molecule has 0 saturated heterocycles. The van der Waals surface area contributed by atoms with Crippen molar-refractivity contribution in [2.75, 3.05) is 13.2 Å². The first kappa shape index (κ1) is 19.2. The number of ether oxygens (including phenoxy) is 1. The lowest BCUT2D eigenvalue weighted by Crippen LogP contribution is -2.15. The molecule has 8 nitrogen and oxygen atoms in total. The van der Waals surface area contributed by atoms with Gasteiger partial charge >= 0.3 is 11.9 Å². The van der Waals surface area contributed by atoms with Crippen LogP contribution in [0.2, 0.25) is 0 Å². The lowest BCUT2D eigenvalue weighted by molar-refractivity contribution is 0.0640. The first-order valence-corrected chi connectivity index (χ1v) is 7.13. The number of hydrogen-bond acceptors (Lipinski definition) is 5. The van der Waals surface area contributed by atoms with E-state index in [1.165, 1.54) is 18.2 Å². The van der Waals surface area contributed by atoms with Gasteiger partial charge in [-0.3, -0.25) is 0 Å². The van der Waals surface area contributed by atoms with Crippen LogP contribution in [0.3, 0.4) is 0 Å². The van der Waals surface area contributed by atoms with E-state index in [0.717, 1.165) is 17.9 Å². The monoisotopic (exact) mass is 339 g/mol. The minimum absolute atomic E-state index is 0.187. The summed E-state index contributed by atoms with van der Waals surface area (Å²) in [7, 11) is 0. The molecule has 0 amide bonds. The van der Waals surface area contributed by atoms with Crippen LogP contribution < -0.4 is 0 Å². The quantitative estimate of drug-likeness (QED) is 0.826. The van der Waals surface area contributed by atoms with Gasteiger partial charge in [0.15, 0.2) is 5.69 Å². The standard InChI is InChI=1S/C11H8FN3O4.C4H10O/c12-7-4-2-1-3-6(7)5-15-9(11(18)19)8(10(16)17)13-14-15;1-3-5-4-2/h1-4H,5H2,(H,16,17)(H,18,19);3-4H2,1-2H3. The number of aromatic carboxylic acids is 2. The molecule has 0 fully saturated rings. The summed E-state index contributed by atoms with van der Waals surface area (Å²) in [6, 6.07) is 5.72. The Morgan fingerprint density at radius 3 is 2.25 bits per heavy atom. The van der Waals surface area contributed by atoms with E-state index < -0.39 is 29.1 Å². The minimum atomic E-state index is -1.50. The maximum atomic E-state index is 13.4. The van der Waals surface area contributed by atoms with Crippen LogP contribution in [0.15, 0.2) is 24.3 Å². The third-order valence-electron chi connectivity index (χ3n) is 2.83. The van der Waals surface area contributed by atoms with Gasteiger partial charge in [0.2, 0.25) is 5.69 Å². The molecular weight excluding hydrogens is 321 g/mol. The molecule has 1 heterocycles. The van der Waals surface area contributed by atoms with Gasteiger partial charge in [0, 0.05) is 18.8 Å². The molecule has 0 spiro atoms. The molecule has 0 bridgehead atoms. The smallest absolute Gasteiger partial charge is 0.359 e. The molecule has 0 aliphatic carbocycles. The van der Waals surface area contributed by atoms with Gasteiger partial charge in [-0.1, -0.05) is 23.4 Å². The average molecular weight is 339 g/mol. The topological polar surface area (TPSA) is 115 Å². The minimum Gasteiger partial charge on any atom is -0.476 e. The highest BCUT2D eigenvalue weighted by Gasteiger charge is 2.25. The molecule has 0 unspecified atom stereocenters. The number of nitrogens with zero attached hydrogens (tertiary/aromatic N) is 3. The molecule has 0 radical (unpaired) electrons.